The molecule has 0 aliphatic heterocycles. The molecule has 0 bridgehead atoms. The fraction of sp³-hybridized carbons (Fsp3) is 0.529. The molecule has 1 rings (SSSR count). The summed E-state index contributed by atoms with van der Waals surface area (Å²) in [7, 11) is -1.37. The Hall–Kier alpha value is -0.823. The third-order valence-corrected chi connectivity index (χ3v) is 6.59. The van der Waals surface area contributed by atoms with Gasteiger partial charge >= 0.3 is 0 Å². The third-order valence-electron chi connectivity index (χ3n) is 3.55. The number of benzene rings is 1. The molecule has 0 nitrogen and oxygen atoms in total. The second-order valence-electron chi connectivity index (χ2n) is 5.89. The minimum absolute atomic E-state index is 1.28. The quantitative estimate of drug-likeness (QED) is 0.475. The first kappa shape index (κ1) is 15.2. The average Bonchev–Trinajstić information content (AvgIpc) is 2.35. The van der Waals surface area contributed by atoms with Gasteiger partial charge in [-0.15, -0.1) is 0 Å². The van der Waals surface area contributed by atoms with Crippen molar-refractivity contribution in [2.24, 2.45) is 0 Å². The Morgan fingerprint density at radius 2 is 1.72 bits per heavy atom. The van der Waals surface area contributed by atoms with E-state index in [1.54, 1.807) is 5.57 Å². The molecule has 0 atom stereocenters. The molecule has 0 radical (unpaired) electrons. The number of rotatable bonds is 7. The molecule has 0 heterocycles. The summed E-state index contributed by atoms with van der Waals surface area (Å²) in [5.74, 6) is 0. The van der Waals surface area contributed by atoms with Crippen molar-refractivity contribution >= 4 is 13.3 Å². The van der Waals surface area contributed by atoms with Crippen molar-refractivity contribution in [2.75, 3.05) is 0 Å². The predicted octanol–water partition coefficient (Wildman–Crippen LogP) is 5.06. The van der Waals surface area contributed by atoms with Crippen molar-refractivity contribution in [3.63, 3.8) is 0 Å². The minimum atomic E-state index is -1.37. The molecular weight excluding hydrogens is 232 g/mol. The molecule has 100 valence electrons. The van der Waals surface area contributed by atoms with Crippen LogP contribution in [0.15, 0.2) is 41.6 Å². The van der Waals surface area contributed by atoms with E-state index in [0.29, 0.717) is 0 Å². The highest BCUT2D eigenvalue weighted by Crippen LogP contribution is 2.14. The summed E-state index contributed by atoms with van der Waals surface area (Å²) in [6.07, 6.45) is 6.73. The highest BCUT2D eigenvalue weighted by molar-refractivity contribution is 6.94. The molecule has 0 amide bonds. The van der Waals surface area contributed by atoms with Gasteiger partial charge in [0, 0.05) is 0 Å². The lowest BCUT2D eigenvalue weighted by atomic mass is 10.1. The van der Waals surface area contributed by atoms with E-state index in [9.17, 15) is 0 Å². The lowest BCUT2D eigenvalue weighted by molar-refractivity contribution is 0.664. The monoisotopic (exact) mass is 260 g/mol. The summed E-state index contributed by atoms with van der Waals surface area (Å²) >= 11 is 0. The van der Waals surface area contributed by atoms with Crippen LogP contribution in [-0.4, -0.2) is 8.07 Å². The SMILES string of the molecule is CCCCCC/C(C)=C/[Si](C)(C)c1ccccc1. The van der Waals surface area contributed by atoms with E-state index in [0.717, 1.165) is 0 Å². The van der Waals surface area contributed by atoms with Crippen LogP contribution in [0.5, 0.6) is 0 Å². The molecular formula is C17H28Si. The van der Waals surface area contributed by atoms with E-state index in [1.165, 1.54) is 37.3 Å². The van der Waals surface area contributed by atoms with E-state index < -0.39 is 8.07 Å². The number of allylic oxidation sites excluding steroid dienone is 1. The minimum Gasteiger partial charge on any atom is -0.0913 e. The van der Waals surface area contributed by atoms with Crippen LogP contribution in [0.25, 0.3) is 0 Å². The van der Waals surface area contributed by atoms with E-state index in [4.69, 9.17) is 0 Å². The highest BCUT2D eigenvalue weighted by atomic mass is 28.3. The van der Waals surface area contributed by atoms with Crippen molar-refractivity contribution < 1.29 is 0 Å². The lowest BCUT2D eigenvalue weighted by Gasteiger charge is -2.20. The van der Waals surface area contributed by atoms with Crippen molar-refractivity contribution in [1.82, 2.24) is 0 Å². The van der Waals surface area contributed by atoms with Gasteiger partial charge in [-0.3, -0.25) is 0 Å². The van der Waals surface area contributed by atoms with Crippen LogP contribution in [0.3, 0.4) is 0 Å². The third kappa shape index (κ3) is 5.22. The average molecular weight is 260 g/mol. The normalized spacial score (nSPS) is 12.8. The number of hydrogen-bond donors (Lipinski definition) is 0. The zero-order valence-electron chi connectivity index (χ0n) is 12.5. The summed E-state index contributed by atoms with van der Waals surface area (Å²) in [5, 5.41) is 1.54. The number of unbranched alkanes of at least 4 members (excludes halogenated alkanes) is 3. The van der Waals surface area contributed by atoms with E-state index >= 15 is 0 Å². The van der Waals surface area contributed by atoms with Crippen LogP contribution in [0.1, 0.15) is 46.0 Å². The van der Waals surface area contributed by atoms with Crippen molar-refractivity contribution in [3.05, 3.63) is 41.6 Å². The van der Waals surface area contributed by atoms with E-state index in [1.807, 2.05) is 0 Å². The maximum absolute atomic E-state index is 2.58. The Morgan fingerprint density at radius 1 is 1.06 bits per heavy atom. The Morgan fingerprint density at radius 3 is 2.33 bits per heavy atom. The van der Waals surface area contributed by atoms with E-state index in [2.05, 4.69) is 63.0 Å². The molecule has 1 aromatic carbocycles. The standard InChI is InChI=1S/C17H28Si/c1-5-6-7-9-12-16(2)15-18(3,4)17-13-10-8-11-14-17/h8,10-11,13-15H,5-7,9,12H2,1-4H3/b16-15+. The summed E-state index contributed by atoms with van der Waals surface area (Å²) in [4.78, 5) is 0. The highest BCUT2D eigenvalue weighted by Gasteiger charge is 2.19. The lowest BCUT2D eigenvalue weighted by Crippen LogP contribution is -2.39. The molecule has 1 heteroatoms. The van der Waals surface area contributed by atoms with Crippen LogP contribution in [0.2, 0.25) is 13.1 Å². The fourth-order valence-corrected chi connectivity index (χ4v) is 5.06. The van der Waals surface area contributed by atoms with Crippen molar-refractivity contribution in [3.8, 4) is 0 Å². The van der Waals surface area contributed by atoms with Crippen LogP contribution < -0.4 is 5.19 Å². The smallest absolute Gasteiger partial charge is 0.0913 e. The van der Waals surface area contributed by atoms with Gasteiger partial charge in [0.05, 0.1) is 0 Å². The maximum Gasteiger partial charge on any atom is 0.104 e. The number of hydrogen-bond acceptors (Lipinski definition) is 0. The first-order chi connectivity index (χ1) is 8.56. The molecule has 0 N–H and O–H groups in total. The Bertz CT molecular complexity index is 362. The zero-order chi connectivity index (χ0) is 13.4. The van der Waals surface area contributed by atoms with Crippen molar-refractivity contribution in [2.45, 2.75) is 59.0 Å². The molecule has 0 saturated heterocycles. The van der Waals surface area contributed by atoms with Gasteiger partial charge in [0.15, 0.2) is 0 Å². The topological polar surface area (TPSA) is 0 Å². The van der Waals surface area contributed by atoms with Gasteiger partial charge < -0.3 is 0 Å². The van der Waals surface area contributed by atoms with Gasteiger partial charge in [0.1, 0.15) is 8.07 Å². The largest absolute Gasteiger partial charge is 0.104 e. The summed E-state index contributed by atoms with van der Waals surface area (Å²) in [6.45, 7) is 9.47. The van der Waals surface area contributed by atoms with Gasteiger partial charge in [0.2, 0.25) is 0 Å². The second-order valence-corrected chi connectivity index (χ2v) is 10.2. The zero-order valence-corrected chi connectivity index (χ0v) is 13.5. The fourth-order valence-electron chi connectivity index (χ4n) is 2.47. The van der Waals surface area contributed by atoms with Crippen LogP contribution in [0, 0.1) is 0 Å². The Balaban J connectivity index is 2.57. The molecule has 0 fully saturated rings. The van der Waals surface area contributed by atoms with Gasteiger partial charge in [0.25, 0.3) is 0 Å². The van der Waals surface area contributed by atoms with E-state index in [-0.39, 0.29) is 0 Å². The molecule has 0 aliphatic rings. The summed E-state index contributed by atoms with van der Waals surface area (Å²) < 4.78 is 0. The molecule has 1 aromatic rings. The van der Waals surface area contributed by atoms with Gasteiger partial charge in [-0.25, -0.2) is 0 Å². The molecule has 0 unspecified atom stereocenters. The first-order valence-electron chi connectivity index (χ1n) is 7.30. The molecule has 0 spiro atoms. The Labute approximate surface area is 114 Å². The maximum atomic E-state index is 2.58. The molecule has 0 saturated carbocycles. The van der Waals surface area contributed by atoms with Gasteiger partial charge in [-0.1, -0.05) is 86.1 Å². The predicted molar refractivity (Wildman–Crippen MR) is 86.1 cm³/mol. The van der Waals surface area contributed by atoms with Gasteiger partial charge in [-0.05, 0) is 19.8 Å². The Kier molecular flexibility index (Phi) is 6.41. The summed E-state index contributed by atoms with van der Waals surface area (Å²) in [5.41, 5.74) is 4.17. The van der Waals surface area contributed by atoms with Gasteiger partial charge in [-0.2, -0.15) is 0 Å². The van der Waals surface area contributed by atoms with Crippen LogP contribution >= 0.6 is 0 Å². The van der Waals surface area contributed by atoms with Crippen LogP contribution in [-0.2, 0) is 0 Å². The molecule has 0 aliphatic carbocycles. The van der Waals surface area contributed by atoms with Crippen LogP contribution in [0.4, 0.5) is 0 Å². The molecule has 0 aromatic heterocycles. The van der Waals surface area contributed by atoms with Crippen molar-refractivity contribution in [1.29, 1.82) is 0 Å². The summed E-state index contributed by atoms with van der Waals surface area (Å²) in [6, 6.07) is 11.0. The molecule has 18 heavy (non-hydrogen) atoms. The second kappa shape index (κ2) is 7.58. The first-order valence-corrected chi connectivity index (χ1v) is 10.4.